The van der Waals surface area contributed by atoms with Crippen molar-refractivity contribution in [2.75, 3.05) is 18.9 Å². The SMILES string of the molecule is CCc1nnsc1C(=O)N1CCC[C@H]1c1cncc(NC)n1. The van der Waals surface area contributed by atoms with Crippen molar-refractivity contribution in [1.82, 2.24) is 24.5 Å². The second kappa shape index (κ2) is 6.35. The Morgan fingerprint density at radius 3 is 3.14 bits per heavy atom. The fraction of sp³-hybridized carbons (Fsp3) is 0.500. The van der Waals surface area contributed by atoms with E-state index in [2.05, 4.69) is 24.9 Å². The quantitative estimate of drug-likeness (QED) is 0.927. The Hall–Kier alpha value is -2.09. The standard InChI is InChI=1S/C14H18N6OS/c1-3-9-13(22-19-18-9)14(21)20-6-4-5-11(20)10-7-16-8-12(15-2)17-10/h7-8,11H,3-6H2,1-2H3,(H,15,17)/t11-/m0/s1. The Balaban J connectivity index is 1.88. The van der Waals surface area contributed by atoms with Crippen LogP contribution < -0.4 is 5.32 Å². The van der Waals surface area contributed by atoms with Crippen LogP contribution in [0.3, 0.4) is 0 Å². The maximum absolute atomic E-state index is 12.8. The van der Waals surface area contributed by atoms with E-state index in [1.807, 2.05) is 18.9 Å². The van der Waals surface area contributed by atoms with Crippen LogP contribution >= 0.6 is 11.5 Å². The number of rotatable bonds is 4. The Kier molecular flexibility index (Phi) is 4.28. The van der Waals surface area contributed by atoms with Gasteiger partial charge in [-0.1, -0.05) is 11.4 Å². The molecule has 1 N–H and O–H groups in total. The van der Waals surface area contributed by atoms with Crippen molar-refractivity contribution in [2.45, 2.75) is 32.2 Å². The third kappa shape index (κ3) is 2.66. The summed E-state index contributed by atoms with van der Waals surface area (Å²) in [5, 5.41) is 7.02. The van der Waals surface area contributed by atoms with E-state index in [9.17, 15) is 4.79 Å². The third-order valence-corrected chi connectivity index (χ3v) is 4.61. The molecule has 1 saturated heterocycles. The number of carbonyl (C=O) groups is 1. The highest BCUT2D eigenvalue weighted by Crippen LogP contribution is 2.33. The molecule has 1 atom stereocenters. The van der Waals surface area contributed by atoms with E-state index in [0.29, 0.717) is 17.1 Å². The molecule has 1 fully saturated rings. The van der Waals surface area contributed by atoms with Crippen molar-refractivity contribution in [3.63, 3.8) is 0 Å². The van der Waals surface area contributed by atoms with E-state index in [1.54, 1.807) is 12.4 Å². The van der Waals surface area contributed by atoms with Gasteiger partial charge in [0.05, 0.1) is 29.8 Å². The summed E-state index contributed by atoms with van der Waals surface area (Å²) >= 11 is 1.17. The Morgan fingerprint density at radius 2 is 2.36 bits per heavy atom. The predicted octanol–water partition coefficient (Wildman–Crippen LogP) is 1.91. The first kappa shape index (κ1) is 14.8. The minimum Gasteiger partial charge on any atom is -0.372 e. The molecule has 22 heavy (non-hydrogen) atoms. The second-order valence-electron chi connectivity index (χ2n) is 5.14. The number of nitrogens with one attached hydrogen (secondary N) is 1. The van der Waals surface area contributed by atoms with Gasteiger partial charge in [-0.25, -0.2) is 4.98 Å². The molecule has 1 aliphatic heterocycles. The van der Waals surface area contributed by atoms with Gasteiger partial charge in [-0.15, -0.1) is 5.10 Å². The molecule has 3 rings (SSSR count). The molecule has 0 aromatic carbocycles. The number of amides is 1. The van der Waals surface area contributed by atoms with E-state index >= 15 is 0 Å². The largest absolute Gasteiger partial charge is 0.372 e. The van der Waals surface area contributed by atoms with Crippen LogP contribution in [0.2, 0.25) is 0 Å². The van der Waals surface area contributed by atoms with Gasteiger partial charge in [-0.05, 0) is 30.8 Å². The van der Waals surface area contributed by atoms with Gasteiger partial charge in [0.15, 0.2) is 0 Å². The maximum Gasteiger partial charge on any atom is 0.268 e. The molecule has 0 bridgehead atoms. The molecule has 0 unspecified atom stereocenters. The van der Waals surface area contributed by atoms with Crippen molar-refractivity contribution in [2.24, 2.45) is 0 Å². The lowest BCUT2D eigenvalue weighted by Gasteiger charge is -2.23. The third-order valence-electron chi connectivity index (χ3n) is 3.85. The fourth-order valence-corrected chi connectivity index (χ4v) is 3.42. The first-order valence-electron chi connectivity index (χ1n) is 7.36. The smallest absolute Gasteiger partial charge is 0.268 e. The van der Waals surface area contributed by atoms with Crippen molar-refractivity contribution in [1.29, 1.82) is 0 Å². The van der Waals surface area contributed by atoms with Gasteiger partial charge in [0, 0.05) is 13.6 Å². The monoisotopic (exact) mass is 318 g/mol. The second-order valence-corrected chi connectivity index (χ2v) is 5.89. The van der Waals surface area contributed by atoms with Crippen molar-refractivity contribution >= 4 is 23.3 Å². The van der Waals surface area contributed by atoms with Crippen LogP contribution in [0, 0.1) is 0 Å². The van der Waals surface area contributed by atoms with E-state index in [1.165, 1.54) is 11.5 Å². The molecule has 8 heteroatoms. The van der Waals surface area contributed by atoms with Crippen molar-refractivity contribution in [3.05, 3.63) is 28.7 Å². The molecule has 116 valence electrons. The van der Waals surface area contributed by atoms with Crippen LogP contribution in [0.5, 0.6) is 0 Å². The number of hydrogen-bond donors (Lipinski definition) is 1. The molecule has 7 nitrogen and oxygen atoms in total. The summed E-state index contributed by atoms with van der Waals surface area (Å²) in [6.45, 7) is 2.72. The number of aromatic nitrogens is 4. The zero-order valence-corrected chi connectivity index (χ0v) is 13.4. The lowest BCUT2D eigenvalue weighted by molar-refractivity contribution is 0.0736. The average molecular weight is 318 g/mol. The van der Waals surface area contributed by atoms with Crippen molar-refractivity contribution in [3.8, 4) is 0 Å². The van der Waals surface area contributed by atoms with Crippen LogP contribution in [-0.4, -0.2) is 44.0 Å². The van der Waals surface area contributed by atoms with Gasteiger partial charge in [0.1, 0.15) is 10.7 Å². The topological polar surface area (TPSA) is 83.9 Å². The molecule has 2 aromatic rings. The number of anilines is 1. The van der Waals surface area contributed by atoms with E-state index in [0.717, 1.165) is 30.8 Å². The number of aryl methyl sites for hydroxylation is 1. The number of hydrogen-bond acceptors (Lipinski definition) is 7. The number of likely N-dealkylation sites (tertiary alicyclic amines) is 1. The first-order valence-corrected chi connectivity index (χ1v) is 8.13. The highest BCUT2D eigenvalue weighted by Gasteiger charge is 2.33. The summed E-state index contributed by atoms with van der Waals surface area (Å²) in [7, 11) is 1.81. The normalized spacial score (nSPS) is 17.7. The molecule has 0 spiro atoms. The zero-order valence-electron chi connectivity index (χ0n) is 12.6. The molecule has 2 aromatic heterocycles. The summed E-state index contributed by atoms with van der Waals surface area (Å²) < 4.78 is 3.92. The number of nitrogens with zero attached hydrogens (tertiary/aromatic N) is 5. The summed E-state index contributed by atoms with van der Waals surface area (Å²) in [5.41, 5.74) is 1.60. The highest BCUT2D eigenvalue weighted by atomic mass is 32.1. The van der Waals surface area contributed by atoms with E-state index < -0.39 is 0 Å². The van der Waals surface area contributed by atoms with Gasteiger partial charge in [0.25, 0.3) is 5.91 Å². The van der Waals surface area contributed by atoms with Crippen molar-refractivity contribution < 1.29 is 4.79 Å². The van der Waals surface area contributed by atoms with Gasteiger partial charge >= 0.3 is 0 Å². The average Bonchev–Trinajstić information content (AvgIpc) is 3.23. The predicted molar refractivity (Wildman–Crippen MR) is 83.9 cm³/mol. The highest BCUT2D eigenvalue weighted by molar-refractivity contribution is 7.08. The number of carbonyl (C=O) groups excluding carboxylic acids is 1. The van der Waals surface area contributed by atoms with E-state index in [4.69, 9.17) is 0 Å². The summed E-state index contributed by atoms with van der Waals surface area (Å²) in [4.78, 5) is 24.1. The molecular formula is C14H18N6OS. The fourth-order valence-electron chi connectivity index (χ4n) is 2.71. The molecule has 0 aliphatic carbocycles. The molecule has 0 radical (unpaired) electrons. The van der Waals surface area contributed by atoms with Gasteiger partial charge in [0.2, 0.25) is 0 Å². The molecular weight excluding hydrogens is 300 g/mol. The minimum atomic E-state index is -0.0277. The summed E-state index contributed by atoms with van der Waals surface area (Å²) in [6, 6.07) is -0.0277. The molecule has 3 heterocycles. The van der Waals surface area contributed by atoms with Gasteiger partial charge < -0.3 is 10.2 Å². The van der Waals surface area contributed by atoms with Crippen LogP contribution in [0.15, 0.2) is 12.4 Å². The van der Waals surface area contributed by atoms with Crippen LogP contribution in [0.25, 0.3) is 0 Å². The Labute approximate surface area is 133 Å². The molecule has 0 saturated carbocycles. The molecule has 1 amide bonds. The molecule has 1 aliphatic rings. The maximum atomic E-state index is 12.8. The van der Waals surface area contributed by atoms with Gasteiger partial charge in [-0.2, -0.15) is 0 Å². The van der Waals surface area contributed by atoms with Gasteiger partial charge in [-0.3, -0.25) is 9.78 Å². The first-order chi connectivity index (χ1) is 10.7. The summed E-state index contributed by atoms with van der Waals surface area (Å²) in [6.07, 6.45) is 6.00. The van der Waals surface area contributed by atoms with E-state index in [-0.39, 0.29) is 11.9 Å². The zero-order chi connectivity index (χ0) is 15.5. The Bertz CT molecular complexity index is 673. The van der Waals surface area contributed by atoms with Crippen LogP contribution in [0.4, 0.5) is 5.82 Å². The minimum absolute atomic E-state index is 0.00557. The lowest BCUT2D eigenvalue weighted by atomic mass is 10.1. The van der Waals surface area contributed by atoms with Crippen LogP contribution in [0.1, 0.15) is 46.9 Å². The van der Waals surface area contributed by atoms with Crippen LogP contribution in [-0.2, 0) is 6.42 Å². The Morgan fingerprint density at radius 1 is 1.50 bits per heavy atom. The lowest BCUT2D eigenvalue weighted by Crippen LogP contribution is -2.31. The summed E-state index contributed by atoms with van der Waals surface area (Å²) in [5.74, 6) is 0.719.